The number of hydrogen-bond acceptors (Lipinski definition) is 4. The van der Waals surface area contributed by atoms with Crippen molar-refractivity contribution in [3.05, 3.63) is 0 Å². The molecule has 0 saturated carbocycles. The number of methoxy groups -OCH3 is 1. The van der Waals surface area contributed by atoms with Gasteiger partial charge in [-0.25, -0.2) is 0 Å². The van der Waals surface area contributed by atoms with E-state index in [1.165, 1.54) is 12.8 Å². The molecule has 2 saturated heterocycles. The van der Waals surface area contributed by atoms with Crippen molar-refractivity contribution >= 4 is 5.91 Å². The molecule has 0 bridgehead atoms. The Morgan fingerprint density at radius 3 is 3.05 bits per heavy atom. The Morgan fingerprint density at radius 2 is 2.42 bits per heavy atom. The Hall–Kier alpha value is -0.650. The van der Waals surface area contributed by atoms with Crippen LogP contribution in [0.5, 0.6) is 0 Å². The Morgan fingerprint density at radius 1 is 1.58 bits per heavy atom. The molecule has 0 spiro atoms. The van der Waals surface area contributed by atoms with Crippen molar-refractivity contribution in [1.82, 2.24) is 10.6 Å². The van der Waals surface area contributed by atoms with E-state index in [-0.39, 0.29) is 11.5 Å². The molecule has 2 heterocycles. The molecule has 0 aromatic heterocycles. The molecule has 3 atom stereocenters. The average Bonchev–Trinajstić information content (AvgIpc) is 2.89. The van der Waals surface area contributed by atoms with Gasteiger partial charge < -0.3 is 20.1 Å². The second kappa shape index (κ2) is 6.68. The lowest BCUT2D eigenvalue weighted by Crippen LogP contribution is -2.48. The first-order valence-electron chi connectivity index (χ1n) is 7.28. The van der Waals surface area contributed by atoms with Gasteiger partial charge in [-0.05, 0) is 25.3 Å². The second-order valence-electron chi connectivity index (χ2n) is 5.85. The van der Waals surface area contributed by atoms with Crippen LogP contribution in [0.15, 0.2) is 0 Å². The van der Waals surface area contributed by atoms with Crippen molar-refractivity contribution < 1.29 is 14.3 Å². The lowest BCUT2D eigenvalue weighted by Gasteiger charge is -2.30. The summed E-state index contributed by atoms with van der Waals surface area (Å²) >= 11 is 0. The van der Waals surface area contributed by atoms with E-state index in [9.17, 15) is 4.79 Å². The molecular formula is C14H26N2O3. The lowest BCUT2D eigenvalue weighted by atomic mass is 9.90. The molecule has 19 heavy (non-hydrogen) atoms. The minimum Gasteiger partial charge on any atom is -0.378 e. The fraction of sp³-hybridized carbons (Fsp3) is 0.929. The maximum atomic E-state index is 12.0. The van der Waals surface area contributed by atoms with Crippen LogP contribution in [-0.2, 0) is 14.3 Å². The molecule has 3 unspecified atom stereocenters. The first kappa shape index (κ1) is 14.8. The summed E-state index contributed by atoms with van der Waals surface area (Å²) in [4.78, 5) is 12.0. The summed E-state index contributed by atoms with van der Waals surface area (Å²) in [5, 5.41) is 6.43. The lowest BCUT2D eigenvalue weighted by molar-refractivity contribution is -0.123. The number of carbonyl (C=O) groups excluding carboxylic acids is 1. The monoisotopic (exact) mass is 270 g/mol. The Bertz CT molecular complexity index is 303. The molecule has 110 valence electrons. The van der Waals surface area contributed by atoms with Gasteiger partial charge in [-0.3, -0.25) is 4.79 Å². The number of hydrogen-bond donors (Lipinski definition) is 2. The number of carbonyl (C=O) groups is 1. The smallest absolute Gasteiger partial charge is 0.221 e. The van der Waals surface area contributed by atoms with Crippen LogP contribution in [0, 0.1) is 5.92 Å². The standard InChI is InChI=1S/C14H26N2O3/c1-11-4-3-6-15-12(11)8-13(17)16-9-14(18-2)5-7-19-10-14/h11-12,15H,3-10H2,1-2H3,(H,16,17). The van der Waals surface area contributed by atoms with Gasteiger partial charge in [0.25, 0.3) is 0 Å². The topological polar surface area (TPSA) is 59.6 Å². The third-order valence-corrected chi connectivity index (χ3v) is 4.44. The van der Waals surface area contributed by atoms with Crippen molar-refractivity contribution in [2.24, 2.45) is 5.92 Å². The molecule has 2 fully saturated rings. The van der Waals surface area contributed by atoms with E-state index in [1.807, 2.05) is 0 Å². The Balaban J connectivity index is 1.74. The SMILES string of the molecule is COC1(CNC(=O)CC2NCCCC2C)CCOC1. The van der Waals surface area contributed by atoms with Crippen LogP contribution in [0.1, 0.15) is 32.6 Å². The molecule has 2 N–H and O–H groups in total. The highest BCUT2D eigenvalue weighted by atomic mass is 16.5. The summed E-state index contributed by atoms with van der Waals surface area (Å²) in [6, 6.07) is 0.312. The predicted molar refractivity (Wildman–Crippen MR) is 73.0 cm³/mol. The van der Waals surface area contributed by atoms with Crippen molar-refractivity contribution in [3.63, 3.8) is 0 Å². The van der Waals surface area contributed by atoms with Crippen molar-refractivity contribution in [1.29, 1.82) is 0 Å². The summed E-state index contributed by atoms with van der Waals surface area (Å²) in [5.41, 5.74) is -0.318. The zero-order chi connectivity index (χ0) is 13.7. The summed E-state index contributed by atoms with van der Waals surface area (Å²) in [6.07, 6.45) is 3.83. The van der Waals surface area contributed by atoms with E-state index in [0.717, 1.165) is 13.0 Å². The van der Waals surface area contributed by atoms with Gasteiger partial charge in [-0.2, -0.15) is 0 Å². The normalized spacial score (nSPS) is 35.3. The van der Waals surface area contributed by atoms with Crippen LogP contribution in [0.2, 0.25) is 0 Å². The summed E-state index contributed by atoms with van der Waals surface area (Å²) in [7, 11) is 1.69. The highest BCUT2D eigenvalue weighted by Crippen LogP contribution is 2.22. The van der Waals surface area contributed by atoms with Crippen LogP contribution < -0.4 is 10.6 Å². The van der Waals surface area contributed by atoms with Crippen molar-refractivity contribution in [3.8, 4) is 0 Å². The van der Waals surface area contributed by atoms with Crippen LogP contribution in [0.3, 0.4) is 0 Å². The summed E-state index contributed by atoms with van der Waals surface area (Å²) in [6.45, 7) is 5.07. The fourth-order valence-corrected chi connectivity index (χ4v) is 2.88. The van der Waals surface area contributed by atoms with Crippen LogP contribution in [0.25, 0.3) is 0 Å². The molecule has 2 aliphatic heterocycles. The quantitative estimate of drug-likeness (QED) is 0.771. The zero-order valence-corrected chi connectivity index (χ0v) is 12.0. The maximum Gasteiger partial charge on any atom is 0.221 e. The second-order valence-corrected chi connectivity index (χ2v) is 5.85. The Kier molecular flexibility index (Phi) is 5.19. The molecule has 2 rings (SSSR count). The van der Waals surface area contributed by atoms with E-state index in [0.29, 0.717) is 38.1 Å². The zero-order valence-electron chi connectivity index (χ0n) is 12.0. The number of piperidine rings is 1. The van der Waals surface area contributed by atoms with Crippen molar-refractivity contribution in [2.75, 3.05) is 33.4 Å². The third kappa shape index (κ3) is 3.91. The van der Waals surface area contributed by atoms with Gasteiger partial charge in [0.05, 0.1) is 6.61 Å². The van der Waals surface area contributed by atoms with E-state index in [2.05, 4.69) is 17.6 Å². The number of nitrogens with one attached hydrogen (secondary N) is 2. The van der Waals surface area contributed by atoms with Crippen molar-refractivity contribution in [2.45, 2.75) is 44.2 Å². The number of ether oxygens (including phenoxy) is 2. The van der Waals surface area contributed by atoms with E-state index in [4.69, 9.17) is 9.47 Å². The number of rotatable bonds is 5. The first-order chi connectivity index (χ1) is 9.15. The van der Waals surface area contributed by atoms with Crippen LogP contribution in [0.4, 0.5) is 0 Å². The van der Waals surface area contributed by atoms with Gasteiger partial charge >= 0.3 is 0 Å². The van der Waals surface area contributed by atoms with E-state index < -0.39 is 0 Å². The minimum atomic E-state index is -0.318. The fourth-order valence-electron chi connectivity index (χ4n) is 2.88. The first-order valence-corrected chi connectivity index (χ1v) is 7.28. The van der Waals surface area contributed by atoms with Gasteiger partial charge in [0.15, 0.2) is 0 Å². The molecule has 5 heteroatoms. The highest BCUT2D eigenvalue weighted by molar-refractivity contribution is 5.76. The predicted octanol–water partition coefficient (Wildman–Crippen LogP) is 0.686. The highest BCUT2D eigenvalue weighted by Gasteiger charge is 2.35. The molecule has 1 amide bonds. The van der Waals surface area contributed by atoms with E-state index >= 15 is 0 Å². The third-order valence-electron chi connectivity index (χ3n) is 4.44. The average molecular weight is 270 g/mol. The largest absolute Gasteiger partial charge is 0.378 e. The molecular weight excluding hydrogens is 244 g/mol. The van der Waals surface area contributed by atoms with Gasteiger partial charge in [-0.1, -0.05) is 6.92 Å². The molecule has 2 aliphatic rings. The molecule has 0 aromatic carbocycles. The summed E-state index contributed by atoms with van der Waals surface area (Å²) in [5.74, 6) is 0.681. The minimum absolute atomic E-state index is 0.106. The molecule has 0 radical (unpaired) electrons. The molecule has 0 aliphatic carbocycles. The Labute approximate surface area is 115 Å². The summed E-state index contributed by atoms with van der Waals surface area (Å²) < 4.78 is 10.9. The van der Waals surface area contributed by atoms with Gasteiger partial charge in [0, 0.05) is 39.1 Å². The van der Waals surface area contributed by atoms with E-state index in [1.54, 1.807) is 7.11 Å². The molecule has 0 aromatic rings. The van der Waals surface area contributed by atoms with Crippen LogP contribution >= 0.6 is 0 Å². The number of amides is 1. The van der Waals surface area contributed by atoms with Gasteiger partial charge in [0.2, 0.25) is 5.91 Å². The maximum absolute atomic E-state index is 12.0. The van der Waals surface area contributed by atoms with Crippen LogP contribution in [-0.4, -0.2) is 51.0 Å². The molecule has 5 nitrogen and oxygen atoms in total. The van der Waals surface area contributed by atoms with Gasteiger partial charge in [-0.15, -0.1) is 0 Å². The van der Waals surface area contributed by atoms with Gasteiger partial charge in [0.1, 0.15) is 5.60 Å².